The fourth-order valence-electron chi connectivity index (χ4n) is 2.88. The number of hydrogen-bond acceptors (Lipinski definition) is 3. The van der Waals surface area contributed by atoms with Crippen LogP contribution in [-0.2, 0) is 0 Å². The number of esters is 1. The van der Waals surface area contributed by atoms with Crippen molar-refractivity contribution >= 4 is 16.9 Å². The first-order chi connectivity index (χ1) is 11.0. The van der Waals surface area contributed by atoms with Crippen molar-refractivity contribution in [2.45, 2.75) is 33.6 Å². The molecule has 1 aromatic heterocycles. The number of ether oxygens (including phenoxy) is 1. The third kappa shape index (κ3) is 2.87. The molecule has 0 atom stereocenters. The second kappa shape index (κ2) is 5.92. The Morgan fingerprint density at radius 1 is 1.09 bits per heavy atom. The van der Waals surface area contributed by atoms with Gasteiger partial charge in [-0.25, -0.2) is 4.79 Å². The lowest BCUT2D eigenvalue weighted by atomic mass is 9.98. The number of furan rings is 1. The summed E-state index contributed by atoms with van der Waals surface area (Å²) in [5.41, 5.74) is 3.88. The highest BCUT2D eigenvalue weighted by Gasteiger charge is 2.19. The van der Waals surface area contributed by atoms with Gasteiger partial charge in [-0.05, 0) is 49.1 Å². The molecular formula is C20H20O3. The zero-order valence-corrected chi connectivity index (χ0v) is 13.8. The average Bonchev–Trinajstić information content (AvgIpc) is 2.85. The molecule has 3 rings (SSSR count). The van der Waals surface area contributed by atoms with Gasteiger partial charge in [0.15, 0.2) is 0 Å². The molecule has 3 aromatic rings. The van der Waals surface area contributed by atoms with E-state index in [-0.39, 0.29) is 5.76 Å². The van der Waals surface area contributed by atoms with E-state index in [9.17, 15) is 4.79 Å². The fourth-order valence-corrected chi connectivity index (χ4v) is 2.88. The quantitative estimate of drug-likeness (QED) is 0.481. The summed E-state index contributed by atoms with van der Waals surface area (Å²) in [6.45, 7) is 8.19. The summed E-state index contributed by atoms with van der Waals surface area (Å²) in [5, 5.41) is 0.936. The number of hydrogen-bond donors (Lipinski definition) is 0. The zero-order valence-electron chi connectivity index (χ0n) is 13.8. The molecule has 0 N–H and O–H groups in total. The molecule has 0 aliphatic rings. The van der Waals surface area contributed by atoms with Crippen LogP contribution in [0.4, 0.5) is 0 Å². The maximum atomic E-state index is 12.4. The Kier molecular flexibility index (Phi) is 3.95. The number of rotatable bonds is 3. The van der Waals surface area contributed by atoms with E-state index in [1.54, 1.807) is 0 Å². The van der Waals surface area contributed by atoms with E-state index in [0.717, 1.165) is 16.5 Å². The van der Waals surface area contributed by atoms with Gasteiger partial charge in [0.1, 0.15) is 11.3 Å². The van der Waals surface area contributed by atoms with Crippen LogP contribution >= 0.6 is 0 Å². The molecule has 0 unspecified atom stereocenters. The van der Waals surface area contributed by atoms with Gasteiger partial charge in [0.05, 0.1) is 0 Å². The van der Waals surface area contributed by atoms with E-state index < -0.39 is 5.97 Å². The van der Waals surface area contributed by atoms with Crippen LogP contribution in [0.1, 0.15) is 47.0 Å². The molecule has 3 nitrogen and oxygen atoms in total. The van der Waals surface area contributed by atoms with Crippen molar-refractivity contribution in [2.75, 3.05) is 0 Å². The third-order valence-electron chi connectivity index (χ3n) is 4.10. The first-order valence-electron chi connectivity index (χ1n) is 7.78. The van der Waals surface area contributed by atoms with Crippen LogP contribution in [0, 0.1) is 13.8 Å². The largest absolute Gasteiger partial charge is 0.449 e. The minimum atomic E-state index is -0.463. The van der Waals surface area contributed by atoms with Gasteiger partial charge in [-0.3, -0.25) is 0 Å². The van der Waals surface area contributed by atoms with Crippen LogP contribution in [0.25, 0.3) is 11.0 Å². The topological polar surface area (TPSA) is 39.4 Å². The van der Waals surface area contributed by atoms with Gasteiger partial charge in [-0.2, -0.15) is 0 Å². The number of fused-ring (bicyclic) bond motifs is 1. The molecule has 118 valence electrons. The van der Waals surface area contributed by atoms with E-state index in [1.807, 2.05) is 56.3 Å². The van der Waals surface area contributed by atoms with Gasteiger partial charge in [0.25, 0.3) is 0 Å². The minimum absolute atomic E-state index is 0.261. The van der Waals surface area contributed by atoms with Crippen molar-refractivity contribution in [3.63, 3.8) is 0 Å². The highest BCUT2D eigenvalue weighted by Crippen LogP contribution is 2.27. The van der Waals surface area contributed by atoms with Crippen molar-refractivity contribution in [3.05, 3.63) is 64.9 Å². The van der Waals surface area contributed by atoms with Crippen molar-refractivity contribution in [1.82, 2.24) is 0 Å². The van der Waals surface area contributed by atoms with Gasteiger partial charge in [-0.15, -0.1) is 0 Å². The Balaban J connectivity index is 1.89. The number of carbonyl (C=O) groups is 1. The smallest absolute Gasteiger partial charge is 0.379 e. The van der Waals surface area contributed by atoms with Gasteiger partial charge in [0.2, 0.25) is 5.76 Å². The molecule has 2 aromatic carbocycles. The maximum Gasteiger partial charge on any atom is 0.379 e. The summed E-state index contributed by atoms with van der Waals surface area (Å²) in [6, 6.07) is 13.3. The van der Waals surface area contributed by atoms with E-state index in [4.69, 9.17) is 9.15 Å². The number of para-hydroxylation sites is 1. The van der Waals surface area contributed by atoms with E-state index in [1.165, 1.54) is 5.56 Å². The molecule has 3 heteroatoms. The zero-order chi connectivity index (χ0) is 16.6. The predicted octanol–water partition coefficient (Wildman–Crippen LogP) is 5.39. The molecule has 1 heterocycles. The minimum Gasteiger partial charge on any atom is -0.449 e. The molecular weight excluding hydrogens is 288 g/mol. The molecule has 0 fully saturated rings. The summed E-state index contributed by atoms with van der Waals surface area (Å²) in [6.07, 6.45) is 0. The van der Waals surface area contributed by atoms with Gasteiger partial charge in [-0.1, -0.05) is 38.1 Å². The summed E-state index contributed by atoms with van der Waals surface area (Å²) >= 11 is 0. The fraction of sp³-hybridized carbons (Fsp3) is 0.250. The van der Waals surface area contributed by atoms with Crippen LogP contribution in [0.5, 0.6) is 5.75 Å². The SMILES string of the molecule is Cc1cc(OC(=O)c2oc3ccccc3c2C)ccc1C(C)C. The Morgan fingerprint density at radius 2 is 1.83 bits per heavy atom. The highest BCUT2D eigenvalue weighted by atomic mass is 16.5. The monoisotopic (exact) mass is 308 g/mol. The first-order valence-corrected chi connectivity index (χ1v) is 7.78. The summed E-state index contributed by atoms with van der Waals surface area (Å²) < 4.78 is 11.1. The summed E-state index contributed by atoms with van der Waals surface area (Å²) in [5.74, 6) is 0.779. The van der Waals surface area contributed by atoms with E-state index >= 15 is 0 Å². The standard InChI is InChI=1S/C20H20O3/c1-12(2)16-10-9-15(11-13(16)3)22-20(21)19-14(4)17-7-5-6-8-18(17)23-19/h5-12H,1-4H3. The number of carbonyl (C=O) groups excluding carboxylic acids is 1. The summed E-state index contributed by atoms with van der Waals surface area (Å²) in [7, 11) is 0. The number of benzene rings is 2. The average molecular weight is 308 g/mol. The molecule has 0 saturated heterocycles. The molecule has 0 saturated carbocycles. The number of aryl methyl sites for hydroxylation is 2. The Labute approximate surface area is 135 Å². The van der Waals surface area contributed by atoms with Crippen LogP contribution in [0.15, 0.2) is 46.9 Å². The molecule has 0 radical (unpaired) electrons. The molecule has 23 heavy (non-hydrogen) atoms. The van der Waals surface area contributed by atoms with Crippen molar-refractivity contribution in [1.29, 1.82) is 0 Å². The Morgan fingerprint density at radius 3 is 2.48 bits per heavy atom. The lowest BCUT2D eigenvalue weighted by Gasteiger charge is -2.11. The van der Waals surface area contributed by atoms with Crippen molar-refractivity contribution in [3.8, 4) is 5.75 Å². The molecule has 0 spiro atoms. The van der Waals surface area contributed by atoms with Gasteiger partial charge >= 0.3 is 5.97 Å². The van der Waals surface area contributed by atoms with Crippen LogP contribution in [0.2, 0.25) is 0 Å². The second-order valence-corrected chi connectivity index (χ2v) is 6.11. The highest BCUT2D eigenvalue weighted by molar-refractivity contribution is 5.96. The van der Waals surface area contributed by atoms with Crippen LogP contribution in [-0.4, -0.2) is 5.97 Å². The van der Waals surface area contributed by atoms with Crippen LogP contribution in [0.3, 0.4) is 0 Å². The lowest BCUT2D eigenvalue weighted by Crippen LogP contribution is -2.09. The Bertz CT molecular complexity index is 872. The van der Waals surface area contributed by atoms with Gasteiger partial charge < -0.3 is 9.15 Å². The van der Waals surface area contributed by atoms with E-state index in [0.29, 0.717) is 17.3 Å². The summed E-state index contributed by atoms with van der Waals surface area (Å²) in [4.78, 5) is 12.4. The molecule has 0 aliphatic carbocycles. The molecule has 0 amide bonds. The second-order valence-electron chi connectivity index (χ2n) is 6.11. The molecule has 0 bridgehead atoms. The maximum absolute atomic E-state index is 12.4. The van der Waals surface area contributed by atoms with Crippen molar-refractivity contribution < 1.29 is 13.9 Å². The van der Waals surface area contributed by atoms with Gasteiger partial charge in [0, 0.05) is 10.9 Å². The normalized spacial score (nSPS) is 11.2. The molecule has 0 aliphatic heterocycles. The lowest BCUT2D eigenvalue weighted by molar-refractivity contribution is 0.0703. The Hall–Kier alpha value is -2.55. The predicted molar refractivity (Wildman–Crippen MR) is 91.2 cm³/mol. The van der Waals surface area contributed by atoms with Crippen LogP contribution < -0.4 is 4.74 Å². The third-order valence-corrected chi connectivity index (χ3v) is 4.10. The van der Waals surface area contributed by atoms with E-state index in [2.05, 4.69) is 13.8 Å². The van der Waals surface area contributed by atoms with Crippen molar-refractivity contribution in [2.24, 2.45) is 0 Å². The first kappa shape index (κ1) is 15.3.